The molecule has 2 amide bonds. The quantitative estimate of drug-likeness (QED) is 0.890. The van der Waals surface area contributed by atoms with E-state index in [1.807, 2.05) is 11.9 Å². The number of phenolic OH excluding ortho intramolecular Hbond substituents is 1. The van der Waals surface area contributed by atoms with Crippen molar-refractivity contribution in [2.24, 2.45) is 0 Å². The lowest BCUT2D eigenvalue weighted by Crippen LogP contribution is -2.52. The van der Waals surface area contributed by atoms with Crippen LogP contribution < -0.4 is 4.90 Å². The molecule has 1 fully saturated rings. The number of anilines is 1. The third-order valence-electron chi connectivity index (χ3n) is 4.80. The summed E-state index contributed by atoms with van der Waals surface area (Å²) in [7, 11) is 1.86. The number of nitrogens with zero attached hydrogens (tertiary/aromatic N) is 4. The Hall–Kier alpha value is -2.47. The van der Waals surface area contributed by atoms with Gasteiger partial charge in [-0.1, -0.05) is 0 Å². The van der Waals surface area contributed by atoms with E-state index in [2.05, 4.69) is 6.07 Å². The second-order valence-corrected chi connectivity index (χ2v) is 6.66. The fourth-order valence-electron chi connectivity index (χ4n) is 3.64. The number of rotatable bonds is 3. The molecule has 2 aliphatic rings. The number of carbonyl (C=O) groups is 1. The highest BCUT2D eigenvalue weighted by Gasteiger charge is 2.38. The van der Waals surface area contributed by atoms with Gasteiger partial charge in [-0.25, -0.2) is 4.79 Å². The number of phenols is 1. The number of hydrogen-bond acceptors (Lipinski definition) is 4. The van der Waals surface area contributed by atoms with Crippen molar-refractivity contribution in [1.29, 1.82) is 5.26 Å². The molecule has 1 N–H and O–H groups in total. The van der Waals surface area contributed by atoms with Crippen molar-refractivity contribution in [1.82, 2.24) is 9.80 Å². The van der Waals surface area contributed by atoms with Crippen LogP contribution in [0.2, 0.25) is 0 Å². The van der Waals surface area contributed by atoms with Crippen LogP contribution in [0.25, 0.3) is 0 Å². The van der Waals surface area contributed by atoms with Gasteiger partial charge in [0.05, 0.1) is 18.2 Å². The standard InChI is InChI=1S/C17H19F3N4O2/c1-22-9-11-7-14(15(25)8-12(11)13(22)3-4-21)24-6-2-5-23(16(24)26)10-17(18,19)20/h7-8,13,25H,2-3,5-6,9-10H2,1H3. The molecule has 6 nitrogen and oxygen atoms in total. The maximum Gasteiger partial charge on any atom is 0.406 e. The molecule has 1 saturated heterocycles. The van der Waals surface area contributed by atoms with Gasteiger partial charge < -0.3 is 10.0 Å². The summed E-state index contributed by atoms with van der Waals surface area (Å²) < 4.78 is 38.0. The molecular weight excluding hydrogens is 349 g/mol. The molecule has 0 bridgehead atoms. The summed E-state index contributed by atoms with van der Waals surface area (Å²) >= 11 is 0. The molecule has 2 heterocycles. The number of halogens is 3. The number of urea groups is 1. The number of hydrogen-bond donors (Lipinski definition) is 1. The van der Waals surface area contributed by atoms with Crippen molar-refractivity contribution in [3.63, 3.8) is 0 Å². The van der Waals surface area contributed by atoms with Gasteiger partial charge in [0, 0.05) is 25.7 Å². The Balaban J connectivity index is 1.89. The van der Waals surface area contributed by atoms with Crippen LogP contribution in [-0.2, 0) is 6.54 Å². The normalized spacial score (nSPS) is 21.0. The summed E-state index contributed by atoms with van der Waals surface area (Å²) in [6, 6.07) is 4.37. The summed E-state index contributed by atoms with van der Waals surface area (Å²) in [4.78, 5) is 16.4. The molecule has 140 valence electrons. The minimum absolute atomic E-state index is 0.0352. The molecule has 26 heavy (non-hydrogen) atoms. The van der Waals surface area contributed by atoms with E-state index in [0.717, 1.165) is 16.0 Å². The van der Waals surface area contributed by atoms with Crippen LogP contribution in [0.4, 0.5) is 23.7 Å². The zero-order valence-electron chi connectivity index (χ0n) is 14.3. The number of aromatic hydroxyl groups is 1. The van der Waals surface area contributed by atoms with Crippen molar-refractivity contribution in [3.05, 3.63) is 23.3 Å². The number of fused-ring (bicyclic) bond motifs is 1. The van der Waals surface area contributed by atoms with E-state index < -0.39 is 18.8 Å². The first-order valence-electron chi connectivity index (χ1n) is 8.27. The van der Waals surface area contributed by atoms with Crippen LogP contribution in [0.15, 0.2) is 12.1 Å². The van der Waals surface area contributed by atoms with E-state index in [1.165, 1.54) is 11.0 Å². The second-order valence-electron chi connectivity index (χ2n) is 6.66. The Labute approximate surface area is 149 Å². The zero-order chi connectivity index (χ0) is 19.1. The zero-order valence-corrected chi connectivity index (χ0v) is 14.3. The number of alkyl halides is 3. The summed E-state index contributed by atoms with van der Waals surface area (Å²) in [5, 5.41) is 19.4. The van der Waals surface area contributed by atoms with Gasteiger partial charge in [-0.15, -0.1) is 0 Å². The van der Waals surface area contributed by atoms with Crippen LogP contribution in [-0.4, -0.2) is 53.8 Å². The molecule has 1 atom stereocenters. The average Bonchev–Trinajstić information content (AvgIpc) is 2.83. The maximum atomic E-state index is 12.7. The fourth-order valence-corrected chi connectivity index (χ4v) is 3.64. The smallest absolute Gasteiger partial charge is 0.406 e. The van der Waals surface area contributed by atoms with Gasteiger partial charge in [0.25, 0.3) is 0 Å². The van der Waals surface area contributed by atoms with Crippen molar-refractivity contribution in [3.8, 4) is 11.8 Å². The van der Waals surface area contributed by atoms with E-state index in [-0.39, 0.29) is 37.0 Å². The van der Waals surface area contributed by atoms with Crippen LogP contribution >= 0.6 is 0 Å². The molecule has 0 radical (unpaired) electrons. The van der Waals surface area contributed by atoms with Crippen LogP contribution in [0.5, 0.6) is 5.75 Å². The number of amides is 2. The summed E-state index contributed by atoms with van der Waals surface area (Å²) in [5.74, 6) is -0.163. The highest BCUT2D eigenvalue weighted by molar-refractivity contribution is 5.94. The Kier molecular flexibility index (Phi) is 4.71. The van der Waals surface area contributed by atoms with Gasteiger partial charge in [-0.3, -0.25) is 9.80 Å². The van der Waals surface area contributed by atoms with Gasteiger partial charge in [0.2, 0.25) is 0 Å². The molecule has 1 unspecified atom stereocenters. The summed E-state index contributed by atoms with van der Waals surface area (Å²) in [5.41, 5.74) is 1.89. The van der Waals surface area contributed by atoms with E-state index in [9.17, 15) is 23.1 Å². The molecular formula is C17H19F3N4O2. The van der Waals surface area contributed by atoms with Gasteiger partial charge in [-0.05, 0) is 36.7 Å². The van der Waals surface area contributed by atoms with Crippen molar-refractivity contribution < 1.29 is 23.1 Å². The Morgan fingerprint density at radius 3 is 2.73 bits per heavy atom. The Bertz CT molecular complexity index is 760. The first kappa shape index (κ1) is 18.3. The SMILES string of the molecule is CN1Cc2cc(N3CCCN(CC(F)(F)F)C3=O)c(O)cc2C1CC#N. The first-order chi connectivity index (χ1) is 12.2. The largest absolute Gasteiger partial charge is 0.506 e. The fraction of sp³-hybridized carbons (Fsp3) is 0.529. The molecule has 0 saturated carbocycles. The van der Waals surface area contributed by atoms with Gasteiger partial charge in [0.15, 0.2) is 0 Å². The lowest BCUT2D eigenvalue weighted by molar-refractivity contribution is -0.140. The van der Waals surface area contributed by atoms with Crippen LogP contribution in [0, 0.1) is 11.3 Å². The van der Waals surface area contributed by atoms with Crippen LogP contribution in [0.3, 0.4) is 0 Å². The average molecular weight is 368 g/mol. The summed E-state index contributed by atoms with van der Waals surface area (Å²) in [6.07, 6.45) is -3.81. The van der Waals surface area contributed by atoms with Gasteiger partial charge in [0.1, 0.15) is 12.3 Å². The molecule has 3 rings (SSSR count). The van der Waals surface area contributed by atoms with Crippen molar-refractivity contribution in [2.75, 3.05) is 31.6 Å². The lowest BCUT2D eigenvalue weighted by Gasteiger charge is -2.36. The molecule has 2 aliphatic heterocycles. The van der Waals surface area contributed by atoms with Crippen molar-refractivity contribution in [2.45, 2.75) is 31.6 Å². The second kappa shape index (κ2) is 6.68. The molecule has 9 heteroatoms. The molecule has 1 aromatic rings. The predicted molar refractivity (Wildman–Crippen MR) is 87.5 cm³/mol. The number of nitriles is 1. The third-order valence-corrected chi connectivity index (χ3v) is 4.80. The van der Waals surface area contributed by atoms with Crippen molar-refractivity contribution >= 4 is 11.7 Å². The first-order valence-corrected chi connectivity index (χ1v) is 8.27. The number of benzene rings is 1. The molecule has 0 spiro atoms. The predicted octanol–water partition coefficient (Wildman–Crippen LogP) is 2.99. The van der Waals surface area contributed by atoms with E-state index in [1.54, 1.807) is 6.07 Å². The Morgan fingerprint density at radius 1 is 1.35 bits per heavy atom. The van der Waals surface area contributed by atoms with E-state index in [0.29, 0.717) is 13.0 Å². The third kappa shape index (κ3) is 3.42. The summed E-state index contributed by atoms with van der Waals surface area (Å²) in [6.45, 7) is -0.477. The lowest BCUT2D eigenvalue weighted by atomic mass is 10.0. The number of carbonyl (C=O) groups excluding carboxylic acids is 1. The highest BCUT2D eigenvalue weighted by atomic mass is 19.4. The topological polar surface area (TPSA) is 70.8 Å². The molecule has 0 aliphatic carbocycles. The highest BCUT2D eigenvalue weighted by Crippen LogP contribution is 2.41. The minimum atomic E-state index is -4.47. The monoisotopic (exact) mass is 368 g/mol. The van der Waals surface area contributed by atoms with Gasteiger partial charge >= 0.3 is 12.2 Å². The Morgan fingerprint density at radius 2 is 2.08 bits per heavy atom. The van der Waals surface area contributed by atoms with E-state index >= 15 is 0 Å². The van der Waals surface area contributed by atoms with Crippen LogP contribution in [0.1, 0.15) is 30.0 Å². The molecule has 0 aromatic heterocycles. The van der Waals surface area contributed by atoms with Gasteiger partial charge in [-0.2, -0.15) is 18.4 Å². The molecule has 1 aromatic carbocycles. The maximum absolute atomic E-state index is 12.7. The minimum Gasteiger partial charge on any atom is -0.506 e. The van der Waals surface area contributed by atoms with E-state index in [4.69, 9.17) is 5.26 Å².